The fourth-order valence-electron chi connectivity index (χ4n) is 3.46. The van der Waals surface area contributed by atoms with Gasteiger partial charge in [-0.3, -0.25) is 13.9 Å². The van der Waals surface area contributed by atoms with Gasteiger partial charge < -0.3 is 10.2 Å². The van der Waals surface area contributed by atoms with Gasteiger partial charge in [-0.15, -0.1) is 0 Å². The molecule has 0 radical (unpaired) electrons. The fraction of sp³-hybridized carbons (Fsp3) is 0.391. The maximum Gasteiger partial charge on any atom is 0.244 e. The lowest BCUT2D eigenvalue weighted by Crippen LogP contribution is -2.52. The maximum atomic E-state index is 13.5. The fourth-order valence-corrected chi connectivity index (χ4v) is 4.56. The molecule has 9 heteroatoms. The zero-order valence-corrected chi connectivity index (χ0v) is 20.4. The Bertz CT molecular complexity index is 1060. The lowest BCUT2D eigenvalue weighted by atomic mass is 10.1. The molecule has 0 bridgehead atoms. The van der Waals surface area contributed by atoms with Crippen LogP contribution in [0.2, 0.25) is 5.02 Å². The summed E-state index contributed by atoms with van der Waals surface area (Å²) in [5.74, 6) is -0.783. The normalized spacial score (nSPS) is 12.2. The molecule has 2 aromatic carbocycles. The highest BCUT2D eigenvalue weighted by atomic mass is 35.5. The lowest BCUT2D eigenvalue weighted by Gasteiger charge is -2.33. The van der Waals surface area contributed by atoms with Crippen molar-refractivity contribution in [2.75, 3.05) is 23.7 Å². The summed E-state index contributed by atoms with van der Waals surface area (Å²) in [6.07, 6.45) is 1.43. The molecule has 0 fully saturated rings. The van der Waals surface area contributed by atoms with Gasteiger partial charge in [0.05, 0.1) is 11.9 Å². The van der Waals surface area contributed by atoms with E-state index in [1.54, 1.807) is 62.4 Å². The van der Waals surface area contributed by atoms with Crippen molar-refractivity contribution in [1.82, 2.24) is 10.2 Å². The molecule has 0 aliphatic rings. The van der Waals surface area contributed by atoms with Gasteiger partial charge in [0.15, 0.2) is 0 Å². The van der Waals surface area contributed by atoms with Crippen LogP contribution in [0.15, 0.2) is 48.5 Å². The van der Waals surface area contributed by atoms with Gasteiger partial charge in [0.25, 0.3) is 0 Å². The van der Waals surface area contributed by atoms with E-state index in [0.717, 1.165) is 16.1 Å². The van der Waals surface area contributed by atoms with Gasteiger partial charge in [0.2, 0.25) is 21.8 Å². The van der Waals surface area contributed by atoms with Crippen molar-refractivity contribution in [2.45, 2.75) is 39.8 Å². The number of nitrogens with one attached hydrogen (secondary N) is 1. The summed E-state index contributed by atoms with van der Waals surface area (Å²) in [4.78, 5) is 27.6. The Kier molecular flexibility index (Phi) is 9.09. The summed E-state index contributed by atoms with van der Waals surface area (Å²) >= 11 is 6.31. The Labute approximate surface area is 195 Å². The molecule has 174 valence electrons. The van der Waals surface area contributed by atoms with Gasteiger partial charge in [-0.05, 0) is 43.5 Å². The first-order valence-corrected chi connectivity index (χ1v) is 12.7. The van der Waals surface area contributed by atoms with Crippen LogP contribution in [0.1, 0.15) is 31.4 Å². The largest absolute Gasteiger partial charge is 0.355 e. The molecular formula is C23H30ClN3O4S. The third-order valence-electron chi connectivity index (χ3n) is 5.10. The van der Waals surface area contributed by atoms with Crippen molar-refractivity contribution in [1.29, 1.82) is 0 Å². The van der Waals surface area contributed by atoms with Gasteiger partial charge >= 0.3 is 0 Å². The molecule has 0 aliphatic carbocycles. The zero-order valence-electron chi connectivity index (χ0n) is 18.8. The predicted molar refractivity (Wildman–Crippen MR) is 128 cm³/mol. The molecule has 32 heavy (non-hydrogen) atoms. The van der Waals surface area contributed by atoms with Crippen LogP contribution in [0, 0.1) is 6.92 Å². The molecule has 0 saturated carbocycles. The van der Waals surface area contributed by atoms with Crippen LogP contribution in [0.25, 0.3) is 0 Å². The van der Waals surface area contributed by atoms with E-state index in [2.05, 4.69) is 5.32 Å². The van der Waals surface area contributed by atoms with Gasteiger partial charge in [0, 0.05) is 18.1 Å². The number of sulfonamides is 1. The number of para-hydroxylation sites is 1. The number of carbonyl (C=O) groups excluding carboxylic acids is 2. The van der Waals surface area contributed by atoms with Crippen molar-refractivity contribution in [3.8, 4) is 0 Å². The first-order valence-electron chi connectivity index (χ1n) is 10.4. The van der Waals surface area contributed by atoms with Crippen LogP contribution in [0.3, 0.4) is 0 Å². The minimum atomic E-state index is -3.75. The van der Waals surface area contributed by atoms with E-state index in [1.807, 2.05) is 6.92 Å². The number of anilines is 1. The SMILES string of the molecule is CCNC(=O)[C@H](CC)N(Cc1ccccc1Cl)C(=O)CN(c1ccccc1C)S(C)(=O)=O. The second-order valence-corrected chi connectivity index (χ2v) is 9.80. The number of halogens is 1. The molecule has 0 unspecified atom stereocenters. The number of rotatable bonds is 10. The quantitative estimate of drug-likeness (QED) is 0.566. The van der Waals surface area contributed by atoms with Crippen LogP contribution >= 0.6 is 11.6 Å². The summed E-state index contributed by atoms with van der Waals surface area (Å²) in [6.45, 7) is 5.46. The van der Waals surface area contributed by atoms with Crippen LogP contribution in [0.5, 0.6) is 0 Å². The molecule has 7 nitrogen and oxygen atoms in total. The van der Waals surface area contributed by atoms with E-state index < -0.39 is 28.5 Å². The van der Waals surface area contributed by atoms with Gasteiger partial charge in [-0.25, -0.2) is 8.42 Å². The molecule has 2 amide bonds. The number of aryl methyl sites for hydroxylation is 1. The van der Waals surface area contributed by atoms with Crippen LogP contribution in [-0.2, 0) is 26.2 Å². The van der Waals surface area contributed by atoms with E-state index in [1.165, 1.54) is 4.90 Å². The highest BCUT2D eigenvalue weighted by molar-refractivity contribution is 7.92. The summed E-state index contributed by atoms with van der Waals surface area (Å²) < 4.78 is 26.2. The van der Waals surface area contributed by atoms with E-state index in [-0.39, 0.29) is 12.5 Å². The van der Waals surface area contributed by atoms with Crippen molar-refractivity contribution in [3.05, 3.63) is 64.7 Å². The molecule has 1 N–H and O–H groups in total. The predicted octanol–water partition coefficient (Wildman–Crippen LogP) is 3.36. The van der Waals surface area contributed by atoms with Crippen LogP contribution in [0.4, 0.5) is 5.69 Å². The molecular weight excluding hydrogens is 450 g/mol. The maximum absolute atomic E-state index is 13.5. The first kappa shape index (κ1) is 25.7. The number of hydrogen-bond acceptors (Lipinski definition) is 4. The minimum absolute atomic E-state index is 0.0829. The number of nitrogens with zero attached hydrogens (tertiary/aromatic N) is 2. The van der Waals surface area contributed by atoms with Crippen molar-refractivity contribution in [3.63, 3.8) is 0 Å². The number of likely N-dealkylation sites (N-methyl/N-ethyl adjacent to an activating group) is 1. The van der Waals surface area contributed by atoms with Crippen molar-refractivity contribution >= 4 is 39.1 Å². The first-order chi connectivity index (χ1) is 15.1. The summed E-state index contributed by atoms with van der Waals surface area (Å²) in [5, 5.41) is 3.23. The van der Waals surface area contributed by atoms with Crippen molar-refractivity contribution < 1.29 is 18.0 Å². The molecule has 0 aliphatic heterocycles. The summed E-state index contributed by atoms with van der Waals surface area (Å²) in [6, 6.07) is 13.3. The lowest BCUT2D eigenvalue weighted by molar-refractivity contribution is -0.140. The summed E-state index contributed by atoms with van der Waals surface area (Å²) in [7, 11) is -3.75. The number of carbonyl (C=O) groups is 2. The average molecular weight is 480 g/mol. The Balaban J connectivity index is 2.46. The van der Waals surface area contributed by atoms with E-state index >= 15 is 0 Å². The van der Waals surface area contributed by atoms with Gasteiger partial charge in [-0.1, -0.05) is 54.9 Å². The number of benzene rings is 2. The standard InChI is InChI=1S/C23H30ClN3O4S/c1-5-20(23(29)25-6-2)26(15-18-12-8-9-13-19(18)24)22(28)16-27(32(4,30)31)21-14-10-7-11-17(21)3/h7-14,20H,5-6,15-16H2,1-4H3,(H,25,29)/t20-/m0/s1. The monoisotopic (exact) mass is 479 g/mol. The average Bonchev–Trinajstić information content (AvgIpc) is 2.73. The summed E-state index contributed by atoms with van der Waals surface area (Å²) in [5.41, 5.74) is 1.82. The van der Waals surface area contributed by atoms with Crippen molar-refractivity contribution in [2.24, 2.45) is 0 Å². The third-order valence-corrected chi connectivity index (χ3v) is 6.59. The Morgan fingerprint density at radius 2 is 1.69 bits per heavy atom. The highest BCUT2D eigenvalue weighted by Crippen LogP contribution is 2.24. The Morgan fingerprint density at radius 3 is 2.25 bits per heavy atom. The van der Waals surface area contributed by atoms with Gasteiger partial charge in [0.1, 0.15) is 12.6 Å². The third kappa shape index (κ3) is 6.46. The Morgan fingerprint density at radius 1 is 1.06 bits per heavy atom. The molecule has 0 heterocycles. The molecule has 2 aromatic rings. The van der Waals surface area contributed by atoms with Crippen LogP contribution in [-0.4, -0.2) is 50.5 Å². The molecule has 1 atom stereocenters. The smallest absolute Gasteiger partial charge is 0.244 e. The van der Waals surface area contributed by atoms with Gasteiger partial charge in [-0.2, -0.15) is 0 Å². The minimum Gasteiger partial charge on any atom is -0.355 e. The molecule has 2 rings (SSSR count). The second kappa shape index (κ2) is 11.3. The zero-order chi connectivity index (χ0) is 23.9. The van der Waals surface area contributed by atoms with E-state index in [0.29, 0.717) is 29.2 Å². The molecule has 0 aromatic heterocycles. The second-order valence-electron chi connectivity index (χ2n) is 7.49. The van der Waals surface area contributed by atoms with E-state index in [9.17, 15) is 18.0 Å². The van der Waals surface area contributed by atoms with Crippen LogP contribution < -0.4 is 9.62 Å². The molecule has 0 saturated heterocycles. The number of amides is 2. The highest BCUT2D eigenvalue weighted by Gasteiger charge is 2.32. The molecule has 0 spiro atoms. The number of hydrogen-bond donors (Lipinski definition) is 1. The topological polar surface area (TPSA) is 86.8 Å². The Hall–Kier alpha value is -2.58. The van der Waals surface area contributed by atoms with E-state index in [4.69, 9.17) is 11.6 Å².